The van der Waals surface area contributed by atoms with Crippen molar-refractivity contribution in [3.05, 3.63) is 11.8 Å². The standard InChI is InChI=1S/C17H27N3O3/c1-4-11(2)15(17(22)18-14-10-12(3)23-20-14)19-16(21)13-8-6-5-7-9-13/h10-11,13,15H,4-9H2,1-3H3,(H,19,21)(H,18,20,22)/t11?,15-/m0/s1. The fourth-order valence-corrected chi connectivity index (χ4v) is 2.97. The number of nitrogens with zero attached hydrogens (tertiary/aromatic N) is 1. The Labute approximate surface area is 137 Å². The molecule has 0 aliphatic heterocycles. The minimum Gasteiger partial charge on any atom is -0.360 e. The first-order chi connectivity index (χ1) is 11.0. The third-order valence-electron chi connectivity index (χ3n) is 4.65. The molecule has 6 nitrogen and oxygen atoms in total. The van der Waals surface area contributed by atoms with Gasteiger partial charge >= 0.3 is 0 Å². The summed E-state index contributed by atoms with van der Waals surface area (Å²) in [6.07, 6.45) is 6.03. The molecule has 23 heavy (non-hydrogen) atoms. The summed E-state index contributed by atoms with van der Waals surface area (Å²) in [5, 5.41) is 9.46. The van der Waals surface area contributed by atoms with Crippen LogP contribution in [0, 0.1) is 18.8 Å². The van der Waals surface area contributed by atoms with Crippen molar-refractivity contribution in [1.82, 2.24) is 10.5 Å². The fourth-order valence-electron chi connectivity index (χ4n) is 2.97. The third-order valence-corrected chi connectivity index (χ3v) is 4.65. The molecule has 2 amide bonds. The van der Waals surface area contributed by atoms with Gasteiger partial charge in [0.1, 0.15) is 11.8 Å². The molecule has 2 N–H and O–H groups in total. The summed E-state index contributed by atoms with van der Waals surface area (Å²) in [4.78, 5) is 25.0. The first-order valence-electron chi connectivity index (χ1n) is 8.55. The van der Waals surface area contributed by atoms with Gasteiger partial charge in [0, 0.05) is 12.0 Å². The van der Waals surface area contributed by atoms with E-state index in [1.807, 2.05) is 13.8 Å². The highest BCUT2D eigenvalue weighted by Gasteiger charge is 2.30. The number of rotatable bonds is 6. The molecule has 1 fully saturated rings. The normalized spacial score (nSPS) is 18.2. The van der Waals surface area contributed by atoms with Gasteiger partial charge in [0.25, 0.3) is 0 Å². The van der Waals surface area contributed by atoms with Gasteiger partial charge in [-0.2, -0.15) is 0 Å². The Morgan fingerprint density at radius 2 is 2.04 bits per heavy atom. The summed E-state index contributed by atoms with van der Waals surface area (Å²) in [5.41, 5.74) is 0. The van der Waals surface area contributed by atoms with Gasteiger partial charge in [-0.15, -0.1) is 0 Å². The molecule has 6 heteroatoms. The van der Waals surface area contributed by atoms with Crippen LogP contribution in [-0.4, -0.2) is 23.0 Å². The zero-order valence-corrected chi connectivity index (χ0v) is 14.2. The van der Waals surface area contributed by atoms with Crippen molar-refractivity contribution in [2.75, 3.05) is 5.32 Å². The van der Waals surface area contributed by atoms with E-state index in [0.717, 1.165) is 32.1 Å². The smallest absolute Gasteiger partial charge is 0.248 e. The van der Waals surface area contributed by atoms with E-state index < -0.39 is 6.04 Å². The molecular formula is C17H27N3O3. The van der Waals surface area contributed by atoms with Gasteiger partial charge in [-0.25, -0.2) is 0 Å². The van der Waals surface area contributed by atoms with Gasteiger partial charge in [0.15, 0.2) is 5.82 Å². The van der Waals surface area contributed by atoms with E-state index in [4.69, 9.17) is 4.52 Å². The molecular weight excluding hydrogens is 294 g/mol. The summed E-state index contributed by atoms with van der Waals surface area (Å²) in [6, 6.07) is 1.11. The Kier molecular flexibility index (Phi) is 6.19. The molecule has 1 aromatic heterocycles. The molecule has 1 saturated carbocycles. The third kappa shape index (κ3) is 4.81. The molecule has 0 radical (unpaired) electrons. The molecule has 1 aliphatic carbocycles. The minimum absolute atomic E-state index is 0.00137. The number of aryl methyl sites for hydroxylation is 1. The molecule has 128 valence electrons. The maximum absolute atomic E-state index is 12.5. The molecule has 2 atom stereocenters. The van der Waals surface area contributed by atoms with E-state index in [1.54, 1.807) is 13.0 Å². The van der Waals surface area contributed by atoms with Crippen LogP contribution < -0.4 is 10.6 Å². The molecule has 0 saturated heterocycles. The van der Waals surface area contributed by atoms with E-state index in [1.165, 1.54) is 6.42 Å². The fraction of sp³-hybridized carbons (Fsp3) is 0.706. The Hall–Kier alpha value is -1.85. The Balaban J connectivity index is 2.00. The SMILES string of the molecule is CCC(C)[C@H](NC(=O)C1CCCCC1)C(=O)Nc1cc(C)on1. The number of carbonyl (C=O) groups excluding carboxylic acids is 2. The number of amides is 2. The average Bonchev–Trinajstić information content (AvgIpc) is 2.97. The number of hydrogen-bond donors (Lipinski definition) is 2. The molecule has 1 unspecified atom stereocenters. The topological polar surface area (TPSA) is 84.2 Å². The minimum atomic E-state index is -0.550. The Morgan fingerprint density at radius 3 is 2.61 bits per heavy atom. The second-order valence-electron chi connectivity index (χ2n) is 6.52. The van der Waals surface area contributed by atoms with Crippen LogP contribution >= 0.6 is 0 Å². The predicted octanol–water partition coefficient (Wildman–Crippen LogP) is 3.03. The van der Waals surface area contributed by atoms with Gasteiger partial charge in [0.2, 0.25) is 11.8 Å². The zero-order chi connectivity index (χ0) is 16.8. The van der Waals surface area contributed by atoms with Crippen LogP contribution in [0.3, 0.4) is 0 Å². The highest BCUT2D eigenvalue weighted by atomic mass is 16.5. The van der Waals surface area contributed by atoms with E-state index >= 15 is 0 Å². The van der Waals surface area contributed by atoms with Gasteiger partial charge in [-0.1, -0.05) is 44.7 Å². The van der Waals surface area contributed by atoms with Crippen LogP contribution in [0.5, 0.6) is 0 Å². The van der Waals surface area contributed by atoms with E-state index in [0.29, 0.717) is 11.6 Å². The van der Waals surface area contributed by atoms with Crippen LogP contribution in [-0.2, 0) is 9.59 Å². The first-order valence-corrected chi connectivity index (χ1v) is 8.55. The van der Waals surface area contributed by atoms with Gasteiger partial charge in [-0.3, -0.25) is 9.59 Å². The van der Waals surface area contributed by atoms with Crippen molar-refractivity contribution < 1.29 is 14.1 Å². The molecule has 0 spiro atoms. The lowest BCUT2D eigenvalue weighted by Gasteiger charge is -2.27. The van der Waals surface area contributed by atoms with Crippen molar-refractivity contribution in [3.63, 3.8) is 0 Å². The molecule has 1 heterocycles. The summed E-state index contributed by atoms with van der Waals surface area (Å²) in [7, 11) is 0. The van der Waals surface area contributed by atoms with E-state index in [-0.39, 0.29) is 23.7 Å². The quantitative estimate of drug-likeness (QED) is 0.843. The summed E-state index contributed by atoms with van der Waals surface area (Å²) < 4.78 is 4.96. The predicted molar refractivity (Wildman–Crippen MR) is 87.8 cm³/mol. The molecule has 1 aromatic rings. The summed E-state index contributed by atoms with van der Waals surface area (Å²) in [6.45, 7) is 5.75. The first kappa shape index (κ1) is 17.5. The molecule has 0 bridgehead atoms. The van der Waals surface area contributed by atoms with Crippen molar-refractivity contribution >= 4 is 17.6 Å². The number of nitrogens with one attached hydrogen (secondary N) is 2. The lowest BCUT2D eigenvalue weighted by Crippen LogP contribution is -2.49. The van der Waals surface area contributed by atoms with Crippen molar-refractivity contribution in [2.24, 2.45) is 11.8 Å². The van der Waals surface area contributed by atoms with Crippen molar-refractivity contribution in [1.29, 1.82) is 0 Å². The second-order valence-corrected chi connectivity index (χ2v) is 6.52. The lowest BCUT2D eigenvalue weighted by molar-refractivity contribution is -0.131. The Bertz CT molecular complexity index is 535. The highest BCUT2D eigenvalue weighted by Crippen LogP contribution is 2.24. The zero-order valence-electron chi connectivity index (χ0n) is 14.2. The van der Waals surface area contributed by atoms with Crippen LogP contribution in [0.1, 0.15) is 58.1 Å². The Morgan fingerprint density at radius 1 is 1.35 bits per heavy atom. The lowest BCUT2D eigenvalue weighted by atomic mass is 9.88. The number of anilines is 1. The summed E-state index contributed by atoms with van der Waals surface area (Å²) >= 11 is 0. The number of carbonyl (C=O) groups is 2. The average molecular weight is 321 g/mol. The van der Waals surface area contributed by atoms with Crippen molar-refractivity contribution in [2.45, 2.75) is 65.3 Å². The molecule has 1 aliphatic rings. The highest BCUT2D eigenvalue weighted by molar-refractivity contribution is 5.97. The molecule has 2 rings (SSSR count). The van der Waals surface area contributed by atoms with Gasteiger partial charge < -0.3 is 15.2 Å². The van der Waals surface area contributed by atoms with Gasteiger partial charge in [0.05, 0.1) is 0 Å². The maximum atomic E-state index is 12.5. The van der Waals surface area contributed by atoms with Crippen LogP contribution in [0.25, 0.3) is 0 Å². The van der Waals surface area contributed by atoms with Gasteiger partial charge in [-0.05, 0) is 25.7 Å². The van der Waals surface area contributed by atoms with Crippen LogP contribution in [0.2, 0.25) is 0 Å². The number of hydrogen-bond acceptors (Lipinski definition) is 4. The number of aromatic nitrogens is 1. The van der Waals surface area contributed by atoms with E-state index in [2.05, 4.69) is 15.8 Å². The monoisotopic (exact) mass is 321 g/mol. The van der Waals surface area contributed by atoms with Crippen molar-refractivity contribution in [3.8, 4) is 0 Å². The largest absolute Gasteiger partial charge is 0.360 e. The van der Waals surface area contributed by atoms with Crippen LogP contribution in [0.4, 0.5) is 5.82 Å². The van der Waals surface area contributed by atoms with E-state index in [9.17, 15) is 9.59 Å². The maximum Gasteiger partial charge on any atom is 0.248 e. The summed E-state index contributed by atoms with van der Waals surface area (Å²) in [5.74, 6) is 0.866. The second kappa shape index (κ2) is 8.13. The molecule has 0 aromatic carbocycles. The van der Waals surface area contributed by atoms with Crippen LogP contribution in [0.15, 0.2) is 10.6 Å².